The lowest BCUT2D eigenvalue weighted by Crippen LogP contribution is -2.34. The highest BCUT2D eigenvalue weighted by molar-refractivity contribution is 7.11. The molecule has 1 aliphatic carbocycles. The molecular weight excluding hydrogens is 468 g/mol. The van der Waals surface area contributed by atoms with Gasteiger partial charge in [0.15, 0.2) is 6.61 Å². The lowest BCUT2D eigenvalue weighted by molar-refractivity contribution is -0.136. The van der Waals surface area contributed by atoms with E-state index in [0.29, 0.717) is 11.8 Å². The number of hydrazone groups is 1. The van der Waals surface area contributed by atoms with Crippen LogP contribution < -0.4 is 0 Å². The second-order valence-corrected chi connectivity index (χ2v) is 10.1. The Morgan fingerprint density at radius 2 is 1.88 bits per heavy atom. The van der Waals surface area contributed by atoms with Crippen LogP contribution in [0.15, 0.2) is 70.0 Å². The molecule has 0 bridgehead atoms. The van der Waals surface area contributed by atoms with E-state index in [1.807, 2.05) is 29.0 Å². The molecule has 8 heteroatoms. The van der Waals surface area contributed by atoms with E-state index in [0.717, 1.165) is 29.9 Å². The van der Waals surface area contributed by atoms with Crippen LogP contribution in [0.1, 0.15) is 55.8 Å². The number of allylic oxidation sites excluding steroid dienone is 1. The van der Waals surface area contributed by atoms with Crippen molar-refractivity contribution in [1.82, 2.24) is 5.01 Å². The largest absolute Gasteiger partial charge is 0.452 e. The predicted molar refractivity (Wildman–Crippen MR) is 133 cm³/mol. The predicted octanol–water partition coefficient (Wildman–Crippen LogP) is 5.60. The molecule has 1 aliphatic heterocycles. The van der Waals surface area contributed by atoms with E-state index >= 15 is 0 Å². The maximum Gasteiger partial charge on any atom is 0.338 e. The molecule has 2 aliphatic rings. The number of thiophene rings is 2. The van der Waals surface area contributed by atoms with Crippen molar-refractivity contribution in [3.63, 3.8) is 0 Å². The molecule has 2 unspecified atom stereocenters. The minimum absolute atomic E-state index is 0.120. The van der Waals surface area contributed by atoms with Gasteiger partial charge in [-0.3, -0.25) is 9.59 Å². The standard InChI is InChI=1S/C26H22N2O4S2/c29-15-17-8-10-18(11-9-17)26(31)32-16-23(30)28-25(22-7-3-13-34-22)21-6-1-4-19(24(21)27-28)14-20-5-2-12-33-20/h2-3,5,7-15,21,25H,1,4,6,16H2. The molecule has 1 amide bonds. The second-order valence-electron chi connectivity index (χ2n) is 8.18. The van der Waals surface area contributed by atoms with E-state index in [-0.39, 0.29) is 23.4 Å². The summed E-state index contributed by atoms with van der Waals surface area (Å²) in [5.41, 5.74) is 2.88. The van der Waals surface area contributed by atoms with Gasteiger partial charge in [-0.1, -0.05) is 24.3 Å². The molecule has 0 spiro atoms. The first-order valence-corrected chi connectivity index (χ1v) is 12.8. The van der Waals surface area contributed by atoms with Gasteiger partial charge in [-0.05, 0) is 65.9 Å². The second kappa shape index (κ2) is 9.87. The van der Waals surface area contributed by atoms with Crippen LogP contribution in [0, 0.1) is 5.92 Å². The molecule has 0 radical (unpaired) electrons. The maximum atomic E-state index is 13.2. The quantitative estimate of drug-likeness (QED) is 0.333. The average Bonchev–Trinajstić information content (AvgIpc) is 3.63. The Morgan fingerprint density at radius 3 is 2.59 bits per heavy atom. The van der Waals surface area contributed by atoms with Crippen LogP contribution in [-0.2, 0) is 9.53 Å². The van der Waals surface area contributed by atoms with Gasteiger partial charge in [0.2, 0.25) is 0 Å². The highest BCUT2D eigenvalue weighted by Crippen LogP contribution is 2.45. The van der Waals surface area contributed by atoms with Crippen molar-refractivity contribution in [2.45, 2.75) is 25.3 Å². The Hall–Kier alpha value is -3.36. The number of benzene rings is 1. The van der Waals surface area contributed by atoms with Crippen LogP contribution in [0.4, 0.5) is 0 Å². The lowest BCUT2D eigenvalue weighted by atomic mass is 9.79. The van der Waals surface area contributed by atoms with Crippen LogP contribution in [0.2, 0.25) is 0 Å². The molecule has 2 aromatic heterocycles. The summed E-state index contributed by atoms with van der Waals surface area (Å²) < 4.78 is 5.31. The van der Waals surface area contributed by atoms with Crippen molar-refractivity contribution in [2.75, 3.05) is 6.61 Å². The summed E-state index contributed by atoms with van der Waals surface area (Å²) in [5, 5.41) is 10.4. The van der Waals surface area contributed by atoms with Gasteiger partial charge in [0.1, 0.15) is 6.29 Å². The molecule has 172 valence electrons. The topological polar surface area (TPSA) is 76.0 Å². The number of fused-ring (bicyclic) bond motifs is 1. The number of hydrogen-bond acceptors (Lipinski definition) is 7. The van der Waals surface area contributed by atoms with Gasteiger partial charge in [0.05, 0.1) is 17.3 Å². The summed E-state index contributed by atoms with van der Waals surface area (Å²) in [7, 11) is 0. The molecular formula is C26H22N2O4S2. The van der Waals surface area contributed by atoms with Crippen LogP contribution in [0.25, 0.3) is 6.08 Å². The van der Waals surface area contributed by atoms with Gasteiger partial charge in [-0.2, -0.15) is 5.10 Å². The fourth-order valence-electron chi connectivity index (χ4n) is 4.46. The summed E-state index contributed by atoms with van der Waals surface area (Å²) in [6.45, 7) is -0.399. The Morgan fingerprint density at radius 1 is 1.09 bits per heavy atom. The van der Waals surface area contributed by atoms with Gasteiger partial charge in [-0.15, -0.1) is 22.7 Å². The number of hydrogen-bond donors (Lipinski definition) is 0. The fourth-order valence-corrected chi connectivity index (χ4v) is 6.02. The molecule has 0 N–H and O–H groups in total. The number of carbonyl (C=O) groups is 3. The summed E-state index contributed by atoms with van der Waals surface area (Å²) >= 11 is 3.29. The SMILES string of the molecule is O=Cc1ccc(C(=O)OCC(=O)N2N=C3C(=Cc4cccs4)CCCC3C2c2cccs2)cc1. The van der Waals surface area contributed by atoms with Crippen molar-refractivity contribution >= 4 is 52.6 Å². The van der Waals surface area contributed by atoms with E-state index in [4.69, 9.17) is 9.84 Å². The van der Waals surface area contributed by atoms with Gasteiger partial charge in [0.25, 0.3) is 5.91 Å². The zero-order chi connectivity index (χ0) is 23.5. The van der Waals surface area contributed by atoms with Crippen molar-refractivity contribution in [1.29, 1.82) is 0 Å². The molecule has 5 rings (SSSR count). The van der Waals surface area contributed by atoms with Crippen LogP contribution >= 0.6 is 22.7 Å². The van der Waals surface area contributed by atoms with Gasteiger partial charge in [-0.25, -0.2) is 9.80 Å². The first-order valence-electron chi connectivity index (χ1n) is 11.0. The molecule has 1 saturated carbocycles. The minimum Gasteiger partial charge on any atom is -0.452 e. The highest BCUT2D eigenvalue weighted by Gasteiger charge is 2.44. The number of nitrogens with zero attached hydrogens (tertiary/aromatic N) is 2. The normalized spacial score (nSPS) is 20.6. The third-order valence-electron chi connectivity index (χ3n) is 6.06. The van der Waals surface area contributed by atoms with Crippen molar-refractivity contribution in [3.05, 3.63) is 85.7 Å². The minimum atomic E-state index is -0.610. The molecule has 6 nitrogen and oxygen atoms in total. The van der Waals surface area contributed by atoms with Crippen LogP contribution in [0.3, 0.4) is 0 Å². The van der Waals surface area contributed by atoms with Crippen LogP contribution in [0.5, 0.6) is 0 Å². The maximum absolute atomic E-state index is 13.2. The Bertz CT molecular complexity index is 1240. The van der Waals surface area contributed by atoms with Crippen LogP contribution in [-0.4, -0.2) is 35.5 Å². The monoisotopic (exact) mass is 490 g/mol. The van der Waals surface area contributed by atoms with E-state index in [9.17, 15) is 14.4 Å². The first-order chi connectivity index (χ1) is 16.6. The number of rotatable bonds is 6. The number of ether oxygens (including phenoxy) is 1. The molecule has 1 aromatic carbocycles. The van der Waals surface area contributed by atoms with E-state index in [1.165, 1.54) is 39.7 Å². The summed E-state index contributed by atoms with van der Waals surface area (Å²) in [5.74, 6) is -0.844. The van der Waals surface area contributed by atoms with Gasteiger partial charge < -0.3 is 4.74 Å². The molecule has 0 saturated heterocycles. The molecule has 1 fully saturated rings. The third-order valence-corrected chi connectivity index (χ3v) is 7.82. The molecule has 2 atom stereocenters. The highest BCUT2D eigenvalue weighted by atomic mass is 32.1. The summed E-state index contributed by atoms with van der Waals surface area (Å²) in [6, 6.07) is 14.0. The zero-order valence-electron chi connectivity index (χ0n) is 18.3. The van der Waals surface area contributed by atoms with Gasteiger partial charge in [0, 0.05) is 21.2 Å². The number of aldehydes is 1. The summed E-state index contributed by atoms with van der Waals surface area (Å²) in [4.78, 5) is 38.7. The lowest BCUT2D eigenvalue weighted by Gasteiger charge is -2.28. The molecule has 3 aromatic rings. The Balaban J connectivity index is 1.37. The Labute approximate surface area is 205 Å². The van der Waals surface area contributed by atoms with Crippen molar-refractivity contribution in [3.8, 4) is 0 Å². The summed E-state index contributed by atoms with van der Waals surface area (Å²) in [6.07, 6.45) is 5.80. The number of esters is 1. The Kier molecular flexibility index (Phi) is 6.51. The third kappa shape index (κ3) is 4.51. The number of carbonyl (C=O) groups excluding carboxylic acids is 3. The molecule has 3 heterocycles. The van der Waals surface area contributed by atoms with E-state index in [2.05, 4.69) is 12.1 Å². The van der Waals surface area contributed by atoms with E-state index in [1.54, 1.807) is 22.7 Å². The fraction of sp³-hybridized carbons (Fsp3) is 0.231. The van der Waals surface area contributed by atoms with Crippen molar-refractivity contribution in [2.24, 2.45) is 11.0 Å². The first kappa shape index (κ1) is 22.4. The average molecular weight is 491 g/mol. The van der Waals surface area contributed by atoms with Crippen molar-refractivity contribution < 1.29 is 19.1 Å². The number of amides is 1. The molecule has 34 heavy (non-hydrogen) atoms. The van der Waals surface area contributed by atoms with E-state index < -0.39 is 12.6 Å². The zero-order valence-corrected chi connectivity index (χ0v) is 19.9. The van der Waals surface area contributed by atoms with Gasteiger partial charge >= 0.3 is 5.97 Å². The smallest absolute Gasteiger partial charge is 0.338 e.